The Morgan fingerprint density at radius 2 is 1.00 bits per heavy atom. The summed E-state index contributed by atoms with van der Waals surface area (Å²) in [6, 6.07) is 11.2. The molecule has 2 N–H and O–H groups in total. The van der Waals surface area contributed by atoms with E-state index in [1.165, 1.54) is 36.4 Å². The fraction of sp³-hybridized carbons (Fsp3) is 0. The molecule has 2 aromatic rings. The maximum Gasteiger partial charge on any atom is 1.00 e. The summed E-state index contributed by atoms with van der Waals surface area (Å²) in [5.74, 6) is 0. The molecule has 0 amide bonds. The molecule has 0 unspecified atom stereocenters. The van der Waals surface area contributed by atoms with Gasteiger partial charge in [-0.15, -0.1) is 0 Å². The van der Waals surface area contributed by atoms with Gasteiger partial charge in [0.25, 0.3) is 20.2 Å². The van der Waals surface area contributed by atoms with Gasteiger partial charge < -0.3 is 0 Å². The minimum atomic E-state index is -4.40. The second kappa shape index (κ2) is 8.81. The number of hydrogen-bond donors (Lipinski definition) is 2. The van der Waals surface area contributed by atoms with Crippen LogP contribution in [0.3, 0.4) is 0 Å². The largest absolute Gasteiger partial charge is 1.00 e. The Labute approximate surface area is 167 Å². The predicted molar refractivity (Wildman–Crippen MR) is 87.7 cm³/mol. The normalized spacial score (nSPS) is 12.4. The predicted octanol–water partition coefficient (Wildman–Crippen LogP) is -1.36. The first-order valence-corrected chi connectivity index (χ1v) is 9.27. The molecule has 2 aromatic carbocycles. The van der Waals surface area contributed by atoms with Crippen LogP contribution in [-0.4, -0.2) is 38.4 Å². The van der Waals surface area contributed by atoms with Crippen molar-refractivity contribution in [2.45, 2.75) is 9.79 Å². The van der Waals surface area contributed by atoms with E-state index in [0.717, 1.165) is 12.4 Å². The van der Waals surface area contributed by atoms with E-state index in [0.29, 0.717) is 0 Å². The number of benzene rings is 2. The first kappa shape index (κ1) is 21.6. The smallest absolute Gasteiger partial charge is 0.282 e. The van der Waals surface area contributed by atoms with Crippen molar-refractivity contribution in [3.63, 3.8) is 0 Å². The monoisotopic (exact) mass is 391 g/mol. The van der Waals surface area contributed by atoms with Crippen molar-refractivity contribution in [2.75, 3.05) is 0 Å². The van der Waals surface area contributed by atoms with E-state index in [2.05, 4.69) is 10.2 Å². The molecule has 0 atom stereocenters. The van der Waals surface area contributed by atoms with E-state index in [4.69, 9.17) is 9.11 Å². The molecule has 0 heterocycles. The molecule has 0 spiro atoms. The van der Waals surface area contributed by atoms with Crippen molar-refractivity contribution in [3.8, 4) is 0 Å². The Morgan fingerprint density at radius 3 is 1.32 bits per heavy atom. The maximum absolute atomic E-state index is 11.2. The molecule has 8 nitrogen and oxygen atoms in total. The molecule has 0 saturated carbocycles. The first-order valence-electron chi connectivity index (χ1n) is 6.39. The molecule has 2 rings (SSSR count). The van der Waals surface area contributed by atoms with Crippen LogP contribution in [0.15, 0.2) is 68.5 Å². The number of nitrogens with zero attached hydrogens (tertiary/aromatic N) is 2. The zero-order chi connectivity index (χ0) is 17.8. The quantitative estimate of drug-likeness (QED) is 0.280. The topological polar surface area (TPSA) is 133 Å². The third-order valence-electron chi connectivity index (χ3n) is 2.85. The Kier molecular flexibility index (Phi) is 7.62. The first-order chi connectivity index (χ1) is 11.2. The Morgan fingerprint density at radius 1 is 0.680 bits per heavy atom. The second-order valence-corrected chi connectivity index (χ2v) is 7.29. The van der Waals surface area contributed by atoms with Crippen molar-refractivity contribution in [3.05, 3.63) is 59.7 Å². The van der Waals surface area contributed by atoms with Crippen LogP contribution in [0.1, 0.15) is 11.1 Å². The summed E-state index contributed by atoms with van der Waals surface area (Å²) in [6.45, 7) is 0. The minimum absolute atomic E-state index is 0. The van der Waals surface area contributed by atoms with Gasteiger partial charge in [0, 0.05) is 11.1 Å². The third-order valence-corrected chi connectivity index (χ3v) is 4.71. The van der Waals surface area contributed by atoms with E-state index in [1.807, 2.05) is 0 Å². The van der Waals surface area contributed by atoms with E-state index in [1.54, 1.807) is 12.1 Å². The second-order valence-electron chi connectivity index (χ2n) is 4.51. The van der Waals surface area contributed by atoms with Gasteiger partial charge in [0.2, 0.25) is 0 Å². The number of rotatable bonds is 5. The van der Waals surface area contributed by atoms with Crippen LogP contribution < -0.4 is 29.6 Å². The molecule has 0 aromatic heterocycles. The third kappa shape index (κ3) is 6.12. The van der Waals surface area contributed by atoms with E-state index < -0.39 is 20.2 Å². The van der Waals surface area contributed by atoms with Gasteiger partial charge in [-0.2, -0.15) is 27.0 Å². The summed E-state index contributed by atoms with van der Waals surface area (Å²) < 4.78 is 63.1. The molecular formula is C14H12N2NaO6S2+. The summed E-state index contributed by atoms with van der Waals surface area (Å²) in [5, 5.41) is 7.25. The molecule has 0 fully saturated rings. The standard InChI is InChI=1S/C14H12N2O6S2.Na/c17-23(18,19)13-7-3-1-5-11(13)9-15-16-10-12-6-2-4-8-14(12)24(20,21)22;/h1-10H,(H,17,18,19)(H,20,21,22);/q;+1/b15-9-,16-10+;. The summed E-state index contributed by atoms with van der Waals surface area (Å²) in [4.78, 5) is -0.662. The van der Waals surface area contributed by atoms with Gasteiger partial charge in [-0.25, -0.2) is 0 Å². The van der Waals surface area contributed by atoms with Crippen molar-refractivity contribution >= 4 is 32.7 Å². The zero-order valence-corrected chi connectivity index (χ0v) is 16.6. The molecule has 0 aliphatic rings. The van der Waals surface area contributed by atoms with Gasteiger partial charge in [-0.3, -0.25) is 9.11 Å². The van der Waals surface area contributed by atoms with Crippen molar-refractivity contribution in [1.82, 2.24) is 0 Å². The van der Waals surface area contributed by atoms with Crippen LogP contribution >= 0.6 is 0 Å². The average molecular weight is 391 g/mol. The SMILES string of the molecule is O=S(=O)(O)c1ccccc1/C=N\N=C\c1ccccc1S(=O)(=O)O.[Na+]. The van der Waals surface area contributed by atoms with Crippen LogP contribution in [0.4, 0.5) is 0 Å². The van der Waals surface area contributed by atoms with Crippen LogP contribution in [0, 0.1) is 0 Å². The van der Waals surface area contributed by atoms with Gasteiger partial charge in [0.15, 0.2) is 0 Å². The van der Waals surface area contributed by atoms with Gasteiger partial charge >= 0.3 is 29.6 Å². The molecule has 0 aliphatic carbocycles. The van der Waals surface area contributed by atoms with Crippen molar-refractivity contribution < 1.29 is 55.5 Å². The fourth-order valence-corrected chi connectivity index (χ4v) is 3.17. The molecule has 126 valence electrons. The molecule has 0 saturated heterocycles. The molecule has 0 bridgehead atoms. The molecular weight excluding hydrogens is 379 g/mol. The molecule has 25 heavy (non-hydrogen) atoms. The summed E-state index contributed by atoms with van der Waals surface area (Å²) in [6.07, 6.45) is 2.19. The average Bonchev–Trinajstić information content (AvgIpc) is 2.50. The van der Waals surface area contributed by atoms with Crippen LogP contribution in [0.25, 0.3) is 0 Å². The van der Waals surface area contributed by atoms with Gasteiger partial charge in [0.05, 0.1) is 12.4 Å². The molecule has 0 aliphatic heterocycles. The fourth-order valence-electron chi connectivity index (χ4n) is 1.84. The zero-order valence-electron chi connectivity index (χ0n) is 13.0. The maximum atomic E-state index is 11.2. The van der Waals surface area contributed by atoms with Crippen molar-refractivity contribution in [1.29, 1.82) is 0 Å². The molecule has 11 heteroatoms. The van der Waals surface area contributed by atoms with Gasteiger partial charge in [0.1, 0.15) is 9.79 Å². The van der Waals surface area contributed by atoms with E-state index in [9.17, 15) is 16.8 Å². The summed E-state index contributed by atoms with van der Waals surface area (Å²) in [7, 11) is -8.81. The van der Waals surface area contributed by atoms with Gasteiger partial charge in [-0.1, -0.05) is 36.4 Å². The Balaban J connectivity index is 0.00000312. The minimum Gasteiger partial charge on any atom is -0.282 e. The molecule has 0 radical (unpaired) electrons. The summed E-state index contributed by atoms with van der Waals surface area (Å²) in [5.41, 5.74) is 0.223. The van der Waals surface area contributed by atoms with E-state index in [-0.39, 0.29) is 50.5 Å². The Hall–Kier alpha value is -1.40. The van der Waals surface area contributed by atoms with Gasteiger partial charge in [-0.05, 0) is 12.1 Å². The van der Waals surface area contributed by atoms with Crippen molar-refractivity contribution in [2.24, 2.45) is 10.2 Å². The van der Waals surface area contributed by atoms with E-state index >= 15 is 0 Å². The summed E-state index contributed by atoms with van der Waals surface area (Å²) >= 11 is 0. The number of hydrogen-bond acceptors (Lipinski definition) is 6. The Bertz CT molecular complexity index is 934. The van der Waals surface area contributed by atoms with Crippen LogP contribution in [0.5, 0.6) is 0 Å². The van der Waals surface area contributed by atoms with Crippen LogP contribution in [0.2, 0.25) is 0 Å². The van der Waals surface area contributed by atoms with Crippen LogP contribution in [-0.2, 0) is 20.2 Å².